The zero-order valence-corrected chi connectivity index (χ0v) is 8.36. The summed E-state index contributed by atoms with van der Waals surface area (Å²) < 4.78 is 5.27. The Morgan fingerprint density at radius 1 is 1.57 bits per heavy atom. The molecule has 0 saturated carbocycles. The molecule has 0 aliphatic rings. The van der Waals surface area contributed by atoms with E-state index in [9.17, 15) is 4.79 Å². The van der Waals surface area contributed by atoms with E-state index in [1.807, 2.05) is 19.1 Å². The molecule has 1 aromatic rings. The van der Waals surface area contributed by atoms with Gasteiger partial charge in [0.1, 0.15) is 6.61 Å². The van der Waals surface area contributed by atoms with E-state index in [0.717, 1.165) is 0 Å². The number of rotatable bonds is 4. The van der Waals surface area contributed by atoms with E-state index in [2.05, 4.69) is 4.98 Å². The fourth-order valence-corrected chi connectivity index (χ4v) is 0.904. The minimum absolute atomic E-state index is 0.0116. The largest absolute Gasteiger partial charge is 0.473 e. The van der Waals surface area contributed by atoms with Crippen LogP contribution in [0.4, 0.5) is 0 Å². The molecule has 0 aromatic carbocycles. The monoisotopic (exact) mass is 191 g/mol. The molecule has 0 N–H and O–H groups in total. The second-order valence-corrected chi connectivity index (χ2v) is 2.82. The van der Waals surface area contributed by atoms with E-state index >= 15 is 0 Å². The third kappa shape index (κ3) is 3.01. The molecule has 0 atom stereocenters. The van der Waals surface area contributed by atoms with Gasteiger partial charge in [-0.05, 0) is 19.9 Å². The maximum absolute atomic E-state index is 10.9. The average Bonchev–Trinajstić information content (AvgIpc) is 2.19. The first-order valence-corrected chi connectivity index (χ1v) is 4.45. The second kappa shape index (κ2) is 5.17. The quantitative estimate of drug-likeness (QED) is 0.541. The maximum atomic E-state index is 10.9. The van der Waals surface area contributed by atoms with Crippen molar-refractivity contribution in [2.75, 3.05) is 6.61 Å². The van der Waals surface area contributed by atoms with Gasteiger partial charge in [0, 0.05) is 17.8 Å². The van der Waals surface area contributed by atoms with Crippen LogP contribution in [-0.4, -0.2) is 17.4 Å². The van der Waals surface area contributed by atoms with E-state index in [0.29, 0.717) is 18.1 Å². The number of ether oxygens (including phenoxy) is 1. The van der Waals surface area contributed by atoms with Crippen molar-refractivity contribution >= 4 is 5.78 Å². The molecule has 0 radical (unpaired) electrons. The van der Waals surface area contributed by atoms with Crippen LogP contribution in [0.15, 0.2) is 30.5 Å². The Morgan fingerprint density at radius 3 is 2.86 bits per heavy atom. The van der Waals surface area contributed by atoms with Crippen LogP contribution >= 0.6 is 0 Å². The first-order chi connectivity index (χ1) is 6.74. The van der Waals surface area contributed by atoms with Gasteiger partial charge in [0.25, 0.3) is 0 Å². The van der Waals surface area contributed by atoms with Crippen LogP contribution in [0.5, 0.6) is 5.88 Å². The van der Waals surface area contributed by atoms with Gasteiger partial charge in [0.2, 0.25) is 5.88 Å². The third-order valence-corrected chi connectivity index (χ3v) is 1.71. The number of pyridine rings is 1. The highest BCUT2D eigenvalue weighted by Gasteiger charge is 1.99. The lowest BCUT2D eigenvalue weighted by molar-refractivity contribution is 0.101. The Hall–Kier alpha value is -1.64. The van der Waals surface area contributed by atoms with E-state index in [-0.39, 0.29) is 5.78 Å². The molecule has 0 spiro atoms. The van der Waals surface area contributed by atoms with Gasteiger partial charge in [-0.3, -0.25) is 4.79 Å². The van der Waals surface area contributed by atoms with Crippen LogP contribution < -0.4 is 4.74 Å². The van der Waals surface area contributed by atoms with Crippen molar-refractivity contribution < 1.29 is 9.53 Å². The lowest BCUT2D eigenvalue weighted by Crippen LogP contribution is -1.98. The van der Waals surface area contributed by atoms with Gasteiger partial charge >= 0.3 is 0 Å². The van der Waals surface area contributed by atoms with Gasteiger partial charge in [0.05, 0.1) is 0 Å². The molecule has 3 nitrogen and oxygen atoms in total. The number of ketones is 1. The molecule has 14 heavy (non-hydrogen) atoms. The van der Waals surface area contributed by atoms with Crippen molar-refractivity contribution in [3.8, 4) is 5.88 Å². The highest BCUT2D eigenvalue weighted by Crippen LogP contribution is 2.07. The van der Waals surface area contributed by atoms with Crippen molar-refractivity contribution in [3.05, 3.63) is 36.0 Å². The first-order valence-electron chi connectivity index (χ1n) is 4.45. The van der Waals surface area contributed by atoms with Gasteiger partial charge in [-0.2, -0.15) is 0 Å². The Labute approximate surface area is 83.4 Å². The normalized spacial score (nSPS) is 10.4. The predicted molar refractivity (Wildman–Crippen MR) is 54.6 cm³/mol. The first kappa shape index (κ1) is 10.4. The van der Waals surface area contributed by atoms with Crippen molar-refractivity contribution in [1.29, 1.82) is 0 Å². The van der Waals surface area contributed by atoms with Crippen LogP contribution in [0.2, 0.25) is 0 Å². The number of hydrogen-bond donors (Lipinski definition) is 0. The fraction of sp³-hybridized carbons (Fsp3) is 0.273. The average molecular weight is 191 g/mol. The van der Waals surface area contributed by atoms with Crippen molar-refractivity contribution in [1.82, 2.24) is 4.98 Å². The molecule has 1 heterocycles. The molecule has 0 amide bonds. The lowest BCUT2D eigenvalue weighted by atomic mass is 10.2. The zero-order valence-electron chi connectivity index (χ0n) is 8.36. The van der Waals surface area contributed by atoms with Gasteiger partial charge < -0.3 is 4.74 Å². The summed E-state index contributed by atoms with van der Waals surface area (Å²) in [6.07, 6.45) is 5.32. The molecular weight excluding hydrogens is 178 g/mol. The molecular formula is C11H13NO2. The standard InChI is InChI=1S/C11H13NO2/c1-3-4-7-14-11-6-5-10(8-12-11)9(2)13/h3-6,8H,7H2,1-2H3/b4-3+. The van der Waals surface area contributed by atoms with Crippen LogP contribution in [0, 0.1) is 0 Å². The molecule has 0 bridgehead atoms. The van der Waals surface area contributed by atoms with E-state index < -0.39 is 0 Å². The van der Waals surface area contributed by atoms with E-state index in [1.54, 1.807) is 12.1 Å². The molecule has 0 fully saturated rings. The van der Waals surface area contributed by atoms with Crippen molar-refractivity contribution in [2.45, 2.75) is 13.8 Å². The summed E-state index contributed by atoms with van der Waals surface area (Å²) in [6.45, 7) is 3.94. The number of allylic oxidation sites excluding steroid dienone is 1. The number of Topliss-reactive ketones (excluding diaryl/α,β-unsaturated/α-hetero) is 1. The van der Waals surface area contributed by atoms with Gasteiger partial charge in [-0.15, -0.1) is 0 Å². The maximum Gasteiger partial charge on any atom is 0.213 e. The van der Waals surface area contributed by atoms with Gasteiger partial charge in [-0.25, -0.2) is 4.98 Å². The topological polar surface area (TPSA) is 39.2 Å². The smallest absolute Gasteiger partial charge is 0.213 e. The summed E-state index contributed by atoms with van der Waals surface area (Å²) in [5.74, 6) is 0.547. The summed E-state index contributed by atoms with van der Waals surface area (Å²) >= 11 is 0. The van der Waals surface area contributed by atoms with Crippen LogP contribution in [0.25, 0.3) is 0 Å². The summed E-state index contributed by atoms with van der Waals surface area (Å²) in [6, 6.07) is 3.40. The Kier molecular flexibility index (Phi) is 3.85. The van der Waals surface area contributed by atoms with Crippen LogP contribution in [-0.2, 0) is 0 Å². The van der Waals surface area contributed by atoms with E-state index in [1.165, 1.54) is 13.1 Å². The van der Waals surface area contributed by atoms with Gasteiger partial charge in [0.15, 0.2) is 5.78 Å². The minimum Gasteiger partial charge on any atom is -0.473 e. The summed E-state index contributed by atoms with van der Waals surface area (Å²) in [4.78, 5) is 14.9. The number of nitrogens with zero attached hydrogens (tertiary/aromatic N) is 1. The molecule has 1 aromatic heterocycles. The highest BCUT2D eigenvalue weighted by atomic mass is 16.5. The summed E-state index contributed by atoms with van der Waals surface area (Å²) in [5, 5.41) is 0. The third-order valence-electron chi connectivity index (χ3n) is 1.71. The zero-order chi connectivity index (χ0) is 10.4. The Morgan fingerprint density at radius 2 is 2.36 bits per heavy atom. The fourth-order valence-electron chi connectivity index (χ4n) is 0.904. The SMILES string of the molecule is C/C=C/COc1ccc(C(C)=O)cn1. The molecule has 0 saturated heterocycles. The molecule has 74 valence electrons. The summed E-state index contributed by atoms with van der Waals surface area (Å²) in [5.41, 5.74) is 0.600. The number of hydrogen-bond acceptors (Lipinski definition) is 3. The van der Waals surface area contributed by atoms with E-state index in [4.69, 9.17) is 4.74 Å². The lowest BCUT2D eigenvalue weighted by Gasteiger charge is -2.01. The Balaban J connectivity index is 2.59. The second-order valence-electron chi connectivity index (χ2n) is 2.82. The molecule has 1 rings (SSSR count). The molecule has 0 unspecified atom stereocenters. The Bertz CT molecular complexity index is 328. The molecule has 3 heteroatoms. The molecule has 0 aliphatic carbocycles. The minimum atomic E-state index is 0.0116. The van der Waals surface area contributed by atoms with Crippen molar-refractivity contribution in [3.63, 3.8) is 0 Å². The molecule has 0 aliphatic heterocycles. The summed E-state index contributed by atoms with van der Waals surface area (Å²) in [7, 11) is 0. The van der Waals surface area contributed by atoms with Crippen molar-refractivity contribution in [2.24, 2.45) is 0 Å². The number of aromatic nitrogens is 1. The highest BCUT2D eigenvalue weighted by molar-refractivity contribution is 5.93. The number of carbonyl (C=O) groups excluding carboxylic acids is 1. The van der Waals surface area contributed by atoms with Gasteiger partial charge in [-0.1, -0.05) is 12.2 Å². The van der Waals surface area contributed by atoms with Crippen LogP contribution in [0.3, 0.4) is 0 Å². The van der Waals surface area contributed by atoms with Crippen LogP contribution in [0.1, 0.15) is 24.2 Å². The predicted octanol–water partition coefficient (Wildman–Crippen LogP) is 2.24. The number of carbonyl (C=O) groups is 1.